The summed E-state index contributed by atoms with van der Waals surface area (Å²) in [6.45, 7) is 9.12. The highest BCUT2D eigenvalue weighted by Gasteiger charge is 2.18. The summed E-state index contributed by atoms with van der Waals surface area (Å²) in [5.41, 5.74) is 2.08. The minimum Gasteiger partial charge on any atom is -0.348 e. The number of aromatic nitrogens is 3. The Morgan fingerprint density at radius 1 is 1.50 bits per heavy atom. The number of hydrogen-bond donors (Lipinski definition) is 2. The number of aryl methyl sites for hydroxylation is 1. The lowest BCUT2D eigenvalue weighted by Gasteiger charge is -2.16. The predicted molar refractivity (Wildman–Crippen MR) is 102 cm³/mol. The molecule has 6 heteroatoms. The topological polar surface area (TPSA) is 62.7 Å². The number of nitrogens with zero attached hydrogens (tertiary/aromatic N) is 2. The zero-order valence-electron chi connectivity index (χ0n) is 15.9. The van der Waals surface area contributed by atoms with Crippen LogP contribution in [0.2, 0.25) is 0 Å². The van der Waals surface area contributed by atoms with Crippen molar-refractivity contribution in [3.05, 3.63) is 52.4 Å². The molecule has 0 fully saturated rings. The van der Waals surface area contributed by atoms with E-state index in [4.69, 9.17) is 0 Å². The van der Waals surface area contributed by atoms with Crippen LogP contribution in [-0.4, -0.2) is 20.7 Å². The molecule has 26 heavy (non-hydrogen) atoms. The third kappa shape index (κ3) is 4.94. The molecule has 1 amide bonds. The number of amides is 1. The van der Waals surface area contributed by atoms with Gasteiger partial charge in [-0.05, 0) is 26.3 Å². The number of nitrogens with one attached hydrogen (secondary N) is 2. The van der Waals surface area contributed by atoms with Gasteiger partial charge in [0.25, 0.3) is 5.91 Å². The molecule has 0 aliphatic carbocycles. The van der Waals surface area contributed by atoms with Crippen LogP contribution in [0.5, 0.6) is 0 Å². The summed E-state index contributed by atoms with van der Waals surface area (Å²) < 4.78 is 15.5. The molecule has 0 bridgehead atoms. The van der Waals surface area contributed by atoms with Gasteiger partial charge in [0.2, 0.25) is 0 Å². The van der Waals surface area contributed by atoms with Gasteiger partial charge in [-0.15, -0.1) is 0 Å². The van der Waals surface area contributed by atoms with Crippen LogP contribution in [0.15, 0.2) is 30.6 Å². The first-order valence-electron chi connectivity index (χ1n) is 8.84. The van der Waals surface area contributed by atoms with Crippen LogP contribution in [0.4, 0.5) is 4.39 Å². The Bertz CT molecular complexity index is 903. The van der Waals surface area contributed by atoms with Crippen molar-refractivity contribution in [3.8, 4) is 0 Å². The van der Waals surface area contributed by atoms with Gasteiger partial charge in [0.15, 0.2) is 0 Å². The zero-order chi connectivity index (χ0) is 19.3. The summed E-state index contributed by atoms with van der Waals surface area (Å²) in [5.74, 6) is -0.634. The highest BCUT2D eigenvalue weighted by atomic mass is 19.1. The van der Waals surface area contributed by atoms with E-state index < -0.39 is 0 Å². The summed E-state index contributed by atoms with van der Waals surface area (Å²) in [6.07, 6.45) is 8.26. The number of hydrogen-bond acceptors (Lipinski definition) is 2. The van der Waals surface area contributed by atoms with Gasteiger partial charge in [-0.25, -0.2) is 4.39 Å². The molecule has 2 rings (SSSR count). The van der Waals surface area contributed by atoms with Crippen molar-refractivity contribution >= 4 is 17.8 Å². The molecule has 0 saturated heterocycles. The van der Waals surface area contributed by atoms with Crippen molar-refractivity contribution in [1.29, 1.82) is 0 Å². The van der Waals surface area contributed by atoms with Gasteiger partial charge >= 0.3 is 0 Å². The molecule has 140 valence electrons. The van der Waals surface area contributed by atoms with Crippen LogP contribution in [0.1, 0.15) is 62.1 Å². The van der Waals surface area contributed by atoms with Crippen molar-refractivity contribution in [2.45, 2.75) is 46.1 Å². The van der Waals surface area contributed by atoms with Crippen molar-refractivity contribution in [3.63, 3.8) is 0 Å². The number of carbonyl (C=O) groups is 1. The van der Waals surface area contributed by atoms with E-state index in [9.17, 15) is 9.18 Å². The first-order chi connectivity index (χ1) is 12.3. The molecule has 0 saturated carbocycles. The van der Waals surface area contributed by atoms with Crippen LogP contribution in [0.3, 0.4) is 0 Å². The van der Waals surface area contributed by atoms with Crippen molar-refractivity contribution in [1.82, 2.24) is 20.1 Å². The van der Waals surface area contributed by atoms with Gasteiger partial charge in [0, 0.05) is 24.0 Å². The number of rotatable bonds is 7. The van der Waals surface area contributed by atoms with Gasteiger partial charge < -0.3 is 10.3 Å². The van der Waals surface area contributed by atoms with E-state index >= 15 is 0 Å². The molecule has 1 atom stereocenters. The fourth-order valence-electron chi connectivity index (χ4n) is 2.84. The Morgan fingerprint density at radius 3 is 2.77 bits per heavy atom. The van der Waals surface area contributed by atoms with E-state index in [1.165, 1.54) is 6.92 Å². The summed E-state index contributed by atoms with van der Waals surface area (Å²) >= 11 is 0. The van der Waals surface area contributed by atoms with Crippen molar-refractivity contribution in [2.24, 2.45) is 7.05 Å². The predicted octanol–water partition coefficient (Wildman–Crippen LogP) is 2.86. The van der Waals surface area contributed by atoms with Crippen LogP contribution in [-0.2, 0) is 7.05 Å². The molecule has 5 nitrogen and oxygen atoms in total. The van der Waals surface area contributed by atoms with E-state index in [0.717, 1.165) is 30.4 Å². The highest BCUT2D eigenvalue weighted by Crippen LogP contribution is 2.19. The average Bonchev–Trinajstić information content (AvgIpc) is 3.17. The maximum atomic E-state index is 13.8. The van der Waals surface area contributed by atoms with E-state index in [-0.39, 0.29) is 17.8 Å². The second-order valence-corrected chi connectivity index (χ2v) is 6.65. The Labute approximate surface area is 153 Å². The molecular formula is C20H27FN4O. The van der Waals surface area contributed by atoms with Gasteiger partial charge in [-0.3, -0.25) is 9.48 Å². The third-order valence-electron chi connectivity index (χ3n) is 4.12. The Kier molecular flexibility index (Phi) is 6.55. The fraction of sp³-hybridized carbons (Fsp3) is 0.400. The SMILES string of the molecule is C=C(C)/C=c1/cc(C(=O)NC(CCCC)c2cnn(C)c2)[nH]/c1=C(/C)F. The van der Waals surface area contributed by atoms with E-state index in [1.54, 1.807) is 23.0 Å². The van der Waals surface area contributed by atoms with E-state index in [2.05, 4.69) is 28.9 Å². The highest BCUT2D eigenvalue weighted by molar-refractivity contribution is 5.92. The number of aromatic amines is 1. The van der Waals surface area contributed by atoms with Crippen LogP contribution >= 0.6 is 0 Å². The zero-order valence-corrected chi connectivity index (χ0v) is 15.9. The largest absolute Gasteiger partial charge is 0.348 e. The first-order valence-corrected chi connectivity index (χ1v) is 8.84. The monoisotopic (exact) mass is 358 g/mol. The van der Waals surface area contributed by atoms with Gasteiger partial charge in [-0.2, -0.15) is 5.10 Å². The second kappa shape index (κ2) is 8.65. The number of allylic oxidation sites excluding steroid dienone is 1. The molecule has 1 unspecified atom stereocenters. The summed E-state index contributed by atoms with van der Waals surface area (Å²) in [6, 6.07) is 1.52. The molecule has 0 spiro atoms. The lowest BCUT2D eigenvalue weighted by Crippen LogP contribution is -2.29. The lowest BCUT2D eigenvalue weighted by atomic mass is 10.0. The van der Waals surface area contributed by atoms with Crippen molar-refractivity contribution in [2.75, 3.05) is 0 Å². The maximum Gasteiger partial charge on any atom is 0.268 e. The Morgan fingerprint density at radius 2 is 2.23 bits per heavy atom. The maximum absolute atomic E-state index is 13.8. The minimum absolute atomic E-state index is 0.132. The standard InChI is InChI=1S/C20H27FN4O/c1-6-7-8-17(16-11-22-25(5)12-16)24-20(26)18-10-15(9-13(2)3)19(23-18)14(4)21/h9-12,17,23H,2,6-8H2,1,3-5H3,(H,24,26)/b15-9-,19-14-. The summed E-state index contributed by atoms with van der Waals surface area (Å²) in [5, 5.41) is 8.16. The third-order valence-corrected chi connectivity index (χ3v) is 4.12. The number of carbonyl (C=O) groups excluding carboxylic acids is 1. The summed E-state index contributed by atoms with van der Waals surface area (Å²) in [7, 11) is 1.85. The number of H-pyrrole nitrogens is 1. The second-order valence-electron chi connectivity index (χ2n) is 6.65. The molecule has 0 radical (unpaired) electrons. The molecule has 2 N–H and O–H groups in total. The molecule has 2 heterocycles. The molecular weight excluding hydrogens is 331 g/mol. The van der Waals surface area contributed by atoms with Gasteiger partial charge in [-0.1, -0.05) is 38.0 Å². The van der Waals surface area contributed by atoms with Crippen LogP contribution < -0.4 is 15.9 Å². The van der Waals surface area contributed by atoms with Crippen molar-refractivity contribution < 1.29 is 9.18 Å². The van der Waals surface area contributed by atoms with E-state index in [0.29, 0.717) is 16.3 Å². The van der Waals surface area contributed by atoms with Gasteiger partial charge in [0.1, 0.15) is 11.5 Å². The molecule has 0 aliphatic rings. The number of halogens is 1. The lowest BCUT2D eigenvalue weighted by molar-refractivity contribution is 0.0929. The minimum atomic E-state index is -0.369. The molecule has 0 aliphatic heterocycles. The smallest absolute Gasteiger partial charge is 0.268 e. The van der Waals surface area contributed by atoms with E-state index in [1.807, 2.05) is 20.2 Å². The molecule has 2 aromatic heterocycles. The molecule has 2 aromatic rings. The first kappa shape index (κ1) is 19.7. The Balaban J connectivity index is 2.32. The van der Waals surface area contributed by atoms with Crippen LogP contribution in [0.25, 0.3) is 11.9 Å². The fourth-order valence-corrected chi connectivity index (χ4v) is 2.84. The molecule has 0 aromatic carbocycles. The summed E-state index contributed by atoms with van der Waals surface area (Å²) in [4.78, 5) is 15.6. The average molecular weight is 358 g/mol. The van der Waals surface area contributed by atoms with Crippen LogP contribution in [0, 0.1) is 0 Å². The Hall–Kier alpha value is -2.63. The quantitative estimate of drug-likeness (QED) is 0.799. The normalized spacial score (nSPS) is 14.3. The van der Waals surface area contributed by atoms with Gasteiger partial charge in [0.05, 0.1) is 17.6 Å². The number of unbranched alkanes of at least 4 members (excludes halogenated alkanes) is 1.